The van der Waals surface area contributed by atoms with E-state index in [1.165, 1.54) is 4.90 Å². The van der Waals surface area contributed by atoms with Crippen LogP contribution in [0.5, 0.6) is 5.75 Å². The van der Waals surface area contributed by atoms with Crippen molar-refractivity contribution in [2.75, 3.05) is 51.3 Å². The molecule has 35 heavy (non-hydrogen) atoms. The summed E-state index contributed by atoms with van der Waals surface area (Å²) in [5, 5.41) is 3.40. The molecule has 3 heterocycles. The largest absolute Gasteiger partial charge is 0.495 e. The molecule has 1 atom stereocenters. The zero-order valence-electron chi connectivity index (χ0n) is 19.2. The fourth-order valence-corrected chi connectivity index (χ4v) is 4.83. The van der Waals surface area contributed by atoms with Crippen LogP contribution in [0.4, 0.5) is 10.5 Å². The van der Waals surface area contributed by atoms with Gasteiger partial charge in [-0.3, -0.25) is 9.69 Å². The fraction of sp³-hybridized carbons (Fsp3) is 0.320. The Balaban J connectivity index is 1.29. The first-order chi connectivity index (χ1) is 17.0. The first kappa shape index (κ1) is 23.0. The van der Waals surface area contributed by atoms with Gasteiger partial charge in [-0.05, 0) is 29.8 Å². The molecule has 1 saturated heterocycles. The quantitative estimate of drug-likeness (QED) is 0.640. The summed E-state index contributed by atoms with van der Waals surface area (Å²) in [7, 11) is 1.64. The van der Waals surface area contributed by atoms with E-state index in [4.69, 9.17) is 21.1 Å². The molecule has 0 spiro atoms. The number of cyclic esters (lactones) is 1. The van der Waals surface area contributed by atoms with Crippen molar-refractivity contribution in [1.29, 1.82) is 0 Å². The first-order valence-electron chi connectivity index (χ1n) is 11.4. The maximum atomic E-state index is 13.1. The van der Waals surface area contributed by atoms with Crippen LogP contribution in [-0.4, -0.2) is 74.1 Å². The van der Waals surface area contributed by atoms with Gasteiger partial charge in [0.1, 0.15) is 18.9 Å². The third kappa shape index (κ3) is 4.39. The van der Waals surface area contributed by atoms with E-state index in [-0.39, 0.29) is 19.1 Å². The van der Waals surface area contributed by atoms with Crippen molar-refractivity contribution in [3.05, 3.63) is 70.4 Å². The summed E-state index contributed by atoms with van der Waals surface area (Å²) in [6.07, 6.45) is 0. The number of piperazine rings is 1. The van der Waals surface area contributed by atoms with Crippen molar-refractivity contribution in [3.63, 3.8) is 0 Å². The third-order valence-electron chi connectivity index (χ3n) is 6.55. The van der Waals surface area contributed by atoms with Crippen LogP contribution in [0.3, 0.4) is 0 Å². The lowest BCUT2D eigenvalue weighted by molar-refractivity contribution is -0.136. The van der Waals surface area contributed by atoms with E-state index in [9.17, 15) is 14.4 Å². The van der Waals surface area contributed by atoms with Crippen LogP contribution in [0.25, 0.3) is 0 Å². The second kappa shape index (κ2) is 9.50. The van der Waals surface area contributed by atoms with Crippen LogP contribution < -0.4 is 15.0 Å². The Hall–Kier alpha value is -3.72. The molecule has 0 bridgehead atoms. The number of amides is 3. The Morgan fingerprint density at radius 1 is 1.09 bits per heavy atom. The average molecular weight is 497 g/mol. The second-order valence-corrected chi connectivity index (χ2v) is 8.93. The third-order valence-corrected chi connectivity index (χ3v) is 6.81. The number of nitrogens with one attached hydrogen (secondary N) is 1. The number of carbonyl (C=O) groups is 3. The number of halogens is 1. The highest BCUT2D eigenvalue weighted by molar-refractivity contribution is 6.30. The molecule has 9 nitrogen and oxygen atoms in total. The second-order valence-electron chi connectivity index (χ2n) is 8.50. The number of anilines is 1. The van der Waals surface area contributed by atoms with Crippen molar-refractivity contribution in [2.45, 2.75) is 6.04 Å². The average Bonchev–Trinajstić information content (AvgIpc) is 3.27. The van der Waals surface area contributed by atoms with Gasteiger partial charge in [-0.25, -0.2) is 9.59 Å². The number of para-hydroxylation sites is 2. The number of benzene rings is 2. The van der Waals surface area contributed by atoms with Gasteiger partial charge in [-0.1, -0.05) is 35.9 Å². The van der Waals surface area contributed by atoms with Gasteiger partial charge in [0.2, 0.25) is 5.91 Å². The smallest absolute Gasteiger partial charge is 0.338 e. The molecule has 0 unspecified atom stereocenters. The lowest BCUT2D eigenvalue weighted by Gasteiger charge is -2.38. The molecule has 2 aromatic carbocycles. The van der Waals surface area contributed by atoms with Crippen LogP contribution in [0, 0.1) is 0 Å². The molecule has 0 aromatic heterocycles. The fourth-order valence-electron chi connectivity index (χ4n) is 4.71. The highest BCUT2D eigenvalue weighted by Gasteiger charge is 2.43. The monoisotopic (exact) mass is 496 g/mol. The summed E-state index contributed by atoms with van der Waals surface area (Å²) in [5.74, 6) is 0.108. The van der Waals surface area contributed by atoms with Gasteiger partial charge in [0, 0.05) is 31.2 Å². The zero-order valence-corrected chi connectivity index (χ0v) is 20.0. The van der Waals surface area contributed by atoms with E-state index < -0.39 is 18.0 Å². The molecule has 3 aliphatic heterocycles. The molecule has 0 saturated carbocycles. The van der Waals surface area contributed by atoms with E-state index in [0.717, 1.165) is 11.4 Å². The summed E-state index contributed by atoms with van der Waals surface area (Å²) in [4.78, 5) is 43.9. The number of urea groups is 1. The van der Waals surface area contributed by atoms with Gasteiger partial charge in [0.15, 0.2) is 0 Å². The van der Waals surface area contributed by atoms with Crippen molar-refractivity contribution in [2.24, 2.45) is 0 Å². The topological polar surface area (TPSA) is 91.4 Å². The molecule has 0 radical (unpaired) electrons. The van der Waals surface area contributed by atoms with E-state index in [1.807, 2.05) is 24.3 Å². The number of hydrogen-bond acceptors (Lipinski definition) is 6. The molecule has 5 rings (SSSR count). The molecule has 3 aliphatic rings. The van der Waals surface area contributed by atoms with Crippen molar-refractivity contribution in [1.82, 2.24) is 15.1 Å². The summed E-state index contributed by atoms with van der Waals surface area (Å²) in [5.41, 5.74) is 2.48. The van der Waals surface area contributed by atoms with E-state index in [0.29, 0.717) is 48.0 Å². The van der Waals surface area contributed by atoms with Gasteiger partial charge < -0.3 is 24.6 Å². The number of carbonyl (C=O) groups excluding carboxylic acids is 3. The summed E-state index contributed by atoms with van der Waals surface area (Å²) < 4.78 is 10.7. The minimum atomic E-state index is -0.652. The predicted octanol–water partition coefficient (Wildman–Crippen LogP) is 2.57. The SMILES string of the molecule is COc1ccccc1N1CCN(C(=O)CN2C(=O)N[C@@H](c3ccc(Cl)cc3)C3=C2COC3=O)CC1. The highest BCUT2D eigenvalue weighted by Crippen LogP contribution is 2.35. The maximum absolute atomic E-state index is 13.1. The van der Waals surface area contributed by atoms with Crippen LogP contribution in [0.15, 0.2) is 59.8 Å². The number of esters is 1. The summed E-state index contributed by atoms with van der Waals surface area (Å²) >= 11 is 5.98. The van der Waals surface area contributed by atoms with E-state index in [2.05, 4.69) is 10.2 Å². The van der Waals surface area contributed by atoms with Gasteiger partial charge >= 0.3 is 12.0 Å². The van der Waals surface area contributed by atoms with Gasteiger partial charge in [0.25, 0.3) is 0 Å². The predicted molar refractivity (Wildman–Crippen MR) is 129 cm³/mol. The van der Waals surface area contributed by atoms with Crippen LogP contribution in [-0.2, 0) is 14.3 Å². The molecule has 10 heteroatoms. The molecular weight excluding hydrogens is 472 g/mol. The van der Waals surface area contributed by atoms with E-state index in [1.54, 1.807) is 36.3 Å². The van der Waals surface area contributed by atoms with Gasteiger partial charge in [0.05, 0.1) is 30.1 Å². The van der Waals surface area contributed by atoms with Crippen molar-refractivity contribution < 1.29 is 23.9 Å². The molecule has 182 valence electrons. The Labute approximate surface area is 207 Å². The van der Waals surface area contributed by atoms with Crippen molar-refractivity contribution in [3.8, 4) is 5.75 Å². The standard InChI is InChI=1S/C25H25ClN4O5/c1-34-20-5-3-2-4-18(20)28-10-12-29(13-11-28)21(31)14-30-19-15-35-24(32)22(19)23(27-25(30)33)16-6-8-17(26)9-7-16/h2-9,23H,10-15H2,1H3,(H,27,33)/t23-/m0/s1. The Bertz CT molecular complexity index is 1190. The first-order valence-corrected chi connectivity index (χ1v) is 11.7. The Kier molecular flexibility index (Phi) is 6.25. The summed E-state index contributed by atoms with van der Waals surface area (Å²) in [6, 6.07) is 13.6. The normalized spacial score (nSPS) is 19.9. The number of hydrogen-bond donors (Lipinski definition) is 1. The number of methoxy groups -OCH3 is 1. The van der Waals surface area contributed by atoms with Gasteiger partial charge in [-0.2, -0.15) is 0 Å². The molecule has 1 N–H and O–H groups in total. The molecule has 0 aliphatic carbocycles. The minimum Gasteiger partial charge on any atom is -0.495 e. The zero-order chi connectivity index (χ0) is 24.5. The van der Waals surface area contributed by atoms with Gasteiger partial charge in [-0.15, -0.1) is 0 Å². The van der Waals surface area contributed by atoms with Crippen LogP contribution in [0.2, 0.25) is 5.02 Å². The van der Waals surface area contributed by atoms with Crippen LogP contribution in [0.1, 0.15) is 11.6 Å². The molecular formula is C25H25ClN4O5. The number of ether oxygens (including phenoxy) is 2. The highest BCUT2D eigenvalue weighted by atomic mass is 35.5. The minimum absolute atomic E-state index is 0.0411. The van der Waals surface area contributed by atoms with E-state index >= 15 is 0 Å². The lowest BCUT2D eigenvalue weighted by atomic mass is 9.96. The maximum Gasteiger partial charge on any atom is 0.338 e. The number of rotatable bonds is 5. The summed E-state index contributed by atoms with van der Waals surface area (Å²) in [6.45, 7) is 2.12. The van der Waals surface area contributed by atoms with Crippen molar-refractivity contribution >= 4 is 35.2 Å². The lowest BCUT2D eigenvalue weighted by Crippen LogP contribution is -2.54. The molecule has 1 fully saturated rings. The number of nitrogens with zero attached hydrogens (tertiary/aromatic N) is 3. The molecule has 2 aromatic rings. The Morgan fingerprint density at radius 2 is 1.80 bits per heavy atom. The van der Waals surface area contributed by atoms with Crippen LogP contribution >= 0.6 is 11.6 Å². The molecule has 3 amide bonds. The Morgan fingerprint density at radius 3 is 2.51 bits per heavy atom.